The van der Waals surface area contributed by atoms with Crippen molar-refractivity contribution in [2.45, 2.75) is 0 Å². The number of hydrogen-bond donors (Lipinski definition) is 1. The summed E-state index contributed by atoms with van der Waals surface area (Å²) in [6.07, 6.45) is 0. The Bertz CT molecular complexity index is 765. The fourth-order valence-corrected chi connectivity index (χ4v) is 2.39. The van der Waals surface area contributed by atoms with E-state index >= 15 is 0 Å². The molecule has 0 fully saturated rings. The fraction of sp³-hybridized carbons (Fsp3) is 0.0625. The maximum absolute atomic E-state index is 9.95. The second-order valence-electron chi connectivity index (χ2n) is 4.57. The quantitative estimate of drug-likeness (QED) is 0.769. The lowest BCUT2D eigenvalue weighted by molar-refractivity contribution is 0.476. The summed E-state index contributed by atoms with van der Waals surface area (Å²) in [4.78, 5) is 0. The number of hydrogen-bond acceptors (Lipinski definition) is 2. The minimum Gasteiger partial charge on any atom is -0.507 e. The summed E-state index contributed by atoms with van der Waals surface area (Å²) in [7, 11) is 1.86. The number of aromatic hydroxyl groups is 1. The van der Waals surface area contributed by atoms with Crippen LogP contribution in [0.2, 0.25) is 5.02 Å². The first-order chi connectivity index (χ1) is 9.65. The van der Waals surface area contributed by atoms with Crippen molar-refractivity contribution in [3.05, 3.63) is 59.6 Å². The van der Waals surface area contributed by atoms with Gasteiger partial charge in [-0.1, -0.05) is 35.9 Å². The second-order valence-corrected chi connectivity index (χ2v) is 5.00. The highest BCUT2D eigenvalue weighted by Gasteiger charge is 2.12. The van der Waals surface area contributed by atoms with Gasteiger partial charge in [0.05, 0.1) is 11.4 Å². The highest BCUT2D eigenvalue weighted by molar-refractivity contribution is 6.30. The van der Waals surface area contributed by atoms with E-state index in [9.17, 15) is 5.11 Å². The molecular formula is C16H13ClN2O. The second kappa shape index (κ2) is 5.02. The zero-order valence-corrected chi connectivity index (χ0v) is 11.7. The monoisotopic (exact) mass is 284 g/mol. The molecule has 0 aliphatic carbocycles. The number of aryl methyl sites for hydroxylation is 1. The normalized spacial score (nSPS) is 10.7. The van der Waals surface area contributed by atoms with Crippen molar-refractivity contribution >= 4 is 11.6 Å². The molecule has 0 radical (unpaired) electrons. The predicted molar refractivity (Wildman–Crippen MR) is 80.8 cm³/mol. The summed E-state index contributed by atoms with van der Waals surface area (Å²) in [6.45, 7) is 0. The summed E-state index contributed by atoms with van der Waals surface area (Å²) in [5.74, 6) is 0.244. The third-order valence-electron chi connectivity index (χ3n) is 3.18. The molecule has 0 bridgehead atoms. The third-order valence-corrected chi connectivity index (χ3v) is 3.42. The first kappa shape index (κ1) is 12.8. The number of nitrogens with zero attached hydrogens (tertiary/aromatic N) is 2. The summed E-state index contributed by atoms with van der Waals surface area (Å²) >= 11 is 6.01. The van der Waals surface area contributed by atoms with E-state index in [0.29, 0.717) is 5.02 Å². The highest BCUT2D eigenvalue weighted by Crippen LogP contribution is 2.31. The van der Waals surface area contributed by atoms with Gasteiger partial charge in [-0.3, -0.25) is 4.68 Å². The molecule has 20 heavy (non-hydrogen) atoms. The smallest absolute Gasteiger partial charge is 0.124 e. The van der Waals surface area contributed by atoms with Crippen LogP contribution in [0.4, 0.5) is 0 Å². The van der Waals surface area contributed by atoms with Gasteiger partial charge in [0.25, 0.3) is 0 Å². The van der Waals surface area contributed by atoms with Gasteiger partial charge in [0.15, 0.2) is 0 Å². The van der Waals surface area contributed by atoms with Crippen molar-refractivity contribution in [3.8, 4) is 28.3 Å². The van der Waals surface area contributed by atoms with Crippen molar-refractivity contribution in [3.63, 3.8) is 0 Å². The first-order valence-electron chi connectivity index (χ1n) is 6.23. The Kier molecular flexibility index (Phi) is 3.20. The zero-order valence-electron chi connectivity index (χ0n) is 10.9. The maximum atomic E-state index is 9.95. The molecule has 0 spiro atoms. The van der Waals surface area contributed by atoms with Crippen LogP contribution >= 0.6 is 11.6 Å². The molecule has 0 amide bonds. The minimum atomic E-state index is 0.244. The van der Waals surface area contributed by atoms with E-state index in [-0.39, 0.29) is 5.75 Å². The molecule has 2 aromatic carbocycles. The lowest BCUT2D eigenvalue weighted by Gasteiger charge is -2.03. The van der Waals surface area contributed by atoms with E-state index in [2.05, 4.69) is 5.10 Å². The number of phenolic OH excluding ortho intramolecular Hbond substituents is 1. The number of benzene rings is 2. The number of para-hydroxylation sites is 1. The van der Waals surface area contributed by atoms with Crippen LogP contribution in [0.25, 0.3) is 22.5 Å². The Labute approximate surface area is 122 Å². The Balaban J connectivity index is 2.10. The van der Waals surface area contributed by atoms with Crippen LogP contribution in [0.15, 0.2) is 54.6 Å². The van der Waals surface area contributed by atoms with Gasteiger partial charge in [-0.05, 0) is 30.3 Å². The van der Waals surface area contributed by atoms with Gasteiger partial charge in [0.1, 0.15) is 5.75 Å². The molecule has 100 valence electrons. The molecule has 1 heterocycles. The van der Waals surface area contributed by atoms with Crippen LogP contribution in [0.3, 0.4) is 0 Å². The Morgan fingerprint density at radius 3 is 2.60 bits per heavy atom. The predicted octanol–water partition coefficient (Wildman–Crippen LogP) is 4.11. The van der Waals surface area contributed by atoms with E-state index in [0.717, 1.165) is 22.5 Å². The molecule has 0 aliphatic rings. The molecule has 4 heteroatoms. The molecule has 0 atom stereocenters. The molecule has 3 aromatic rings. The van der Waals surface area contributed by atoms with Gasteiger partial charge in [-0.15, -0.1) is 0 Å². The van der Waals surface area contributed by atoms with Crippen molar-refractivity contribution in [1.29, 1.82) is 0 Å². The van der Waals surface area contributed by atoms with Gasteiger partial charge in [-0.2, -0.15) is 5.10 Å². The third kappa shape index (κ3) is 2.28. The Morgan fingerprint density at radius 1 is 1.05 bits per heavy atom. The van der Waals surface area contributed by atoms with E-state index in [4.69, 9.17) is 11.6 Å². The summed E-state index contributed by atoms with van der Waals surface area (Å²) in [5, 5.41) is 15.1. The van der Waals surface area contributed by atoms with E-state index in [1.165, 1.54) is 0 Å². The largest absolute Gasteiger partial charge is 0.507 e. The first-order valence-corrected chi connectivity index (χ1v) is 6.61. The molecule has 3 nitrogen and oxygen atoms in total. The summed E-state index contributed by atoms with van der Waals surface area (Å²) < 4.78 is 1.76. The van der Waals surface area contributed by atoms with Gasteiger partial charge in [-0.25, -0.2) is 0 Å². The fourth-order valence-electron chi connectivity index (χ4n) is 2.20. The van der Waals surface area contributed by atoms with Crippen LogP contribution < -0.4 is 0 Å². The standard InChI is InChI=1S/C16H13ClN2O/c1-19-15(13-7-2-3-8-16(13)20)10-14(18-19)11-5-4-6-12(17)9-11/h2-10,20H,1H3. The maximum Gasteiger partial charge on any atom is 0.124 e. The lowest BCUT2D eigenvalue weighted by atomic mass is 10.1. The van der Waals surface area contributed by atoms with Crippen LogP contribution in [0.1, 0.15) is 0 Å². The number of halogens is 1. The topological polar surface area (TPSA) is 38.0 Å². The van der Waals surface area contributed by atoms with Gasteiger partial charge < -0.3 is 5.11 Å². The summed E-state index contributed by atoms with van der Waals surface area (Å²) in [6, 6.07) is 16.7. The Hall–Kier alpha value is -2.26. The van der Waals surface area contributed by atoms with Crippen molar-refractivity contribution in [1.82, 2.24) is 9.78 Å². The molecule has 3 rings (SSSR count). The number of rotatable bonds is 2. The van der Waals surface area contributed by atoms with Crippen LogP contribution in [0.5, 0.6) is 5.75 Å². The average Bonchev–Trinajstić information content (AvgIpc) is 2.81. The SMILES string of the molecule is Cn1nc(-c2cccc(Cl)c2)cc1-c1ccccc1O. The van der Waals surface area contributed by atoms with Crippen LogP contribution in [-0.4, -0.2) is 14.9 Å². The molecule has 1 N–H and O–H groups in total. The van der Waals surface area contributed by atoms with Gasteiger partial charge in [0, 0.05) is 23.2 Å². The molecule has 0 unspecified atom stereocenters. The van der Waals surface area contributed by atoms with Gasteiger partial charge in [0.2, 0.25) is 0 Å². The van der Waals surface area contributed by atoms with Crippen molar-refractivity contribution in [2.24, 2.45) is 7.05 Å². The minimum absolute atomic E-state index is 0.244. The molecule has 0 saturated heterocycles. The summed E-state index contributed by atoms with van der Waals surface area (Å²) in [5.41, 5.74) is 3.40. The molecule has 0 aliphatic heterocycles. The van der Waals surface area contributed by atoms with Gasteiger partial charge >= 0.3 is 0 Å². The van der Waals surface area contributed by atoms with Crippen molar-refractivity contribution < 1.29 is 5.11 Å². The highest BCUT2D eigenvalue weighted by atomic mass is 35.5. The Morgan fingerprint density at radius 2 is 1.85 bits per heavy atom. The van der Waals surface area contributed by atoms with Crippen LogP contribution in [0, 0.1) is 0 Å². The molecule has 0 saturated carbocycles. The van der Waals surface area contributed by atoms with E-state index in [1.807, 2.05) is 49.5 Å². The number of phenols is 1. The van der Waals surface area contributed by atoms with Crippen molar-refractivity contribution in [2.75, 3.05) is 0 Å². The molecule has 1 aromatic heterocycles. The zero-order chi connectivity index (χ0) is 14.1. The lowest BCUT2D eigenvalue weighted by Crippen LogP contribution is -1.93. The van der Waals surface area contributed by atoms with E-state index < -0.39 is 0 Å². The number of aromatic nitrogens is 2. The van der Waals surface area contributed by atoms with Crippen LogP contribution in [-0.2, 0) is 7.05 Å². The average molecular weight is 285 g/mol. The van der Waals surface area contributed by atoms with E-state index in [1.54, 1.807) is 16.8 Å². The molecular weight excluding hydrogens is 272 g/mol.